The Kier molecular flexibility index (Phi) is 4.08. The van der Waals surface area contributed by atoms with Crippen LogP contribution in [0.25, 0.3) is 0 Å². The Morgan fingerprint density at radius 2 is 1.88 bits per heavy atom. The molecule has 1 aromatic carbocycles. The van der Waals surface area contributed by atoms with Crippen molar-refractivity contribution in [2.45, 2.75) is 0 Å². The molecule has 0 aliphatic rings. The lowest BCUT2D eigenvalue weighted by atomic mass is 10.3. The van der Waals surface area contributed by atoms with Crippen LogP contribution in [0.5, 0.6) is 0 Å². The standard InChI is InChI=1S/C9H6Br2N4OS/c10-5-1-3-6(4-2-5)12-9(16)13-8-7(11)14-15-17-8/h1-4H,(H2,12,13,16). The zero-order valence-electron chi connectivity index (χ0n) is 8.28. The number of benzene rings is 1. The van der Waals surface area contributed by atoms with Gasteiger partial charge in [0.15, 0.2) is 9.60 Å². The van der Waals surface area contributed by atoms with Crippen molar-refractivity contribution >= 4 is 60.1 Å². The van der Waals surface area contributed by atoms with Gasteiger partial charge in [-0.25, -0.2) is 4.79 Å². The number of urea groups is 1. The number of carbonyl (C=O) groups is 1. The summed E-state index contributed by atoms with van der Waals surface area (Å²) in [7, 11) is 0. The number of hydrogen-bond donors (Lipinski definition) is 2. The van der Waals surface area contributed by atoms with Crippen LogP contribution in [0.2, 0.25) is 0 Å². The quantitative estimate of drug-likeness (QED) is 0.838. The van der Waals surface area contributed by atoms with E-state index in [2.05, 4.69) is 52.1 Å². The Morgan fingerprint density at radius 1 is 1.18 bits per heavy atom. The minimum atomic E-state index is -0.334. The van der Waals surface area contributed by atoms with E-state index in [4.69, 9.17) is 0 Å². The lowest BCUT2D eigenvalue weighted by molar-refractivity contribution is 0.262. The second-order valence-corrected chi connectivity index (χ2v) is 5.40. The highest BCUT2D eigenvalue weighted by molar-refractivity contribution is 9.10. The first-order valence-corrected chi connectivity index (χ1v) is 6.82. The topological polar surface area (TPSA) is 66.9 Å². The third-order valence-corrected chi connectivity index (χ3v) is 3.76. The molecular formula is C9H6Br2N4OS. The molecule has 2 aromatic rings. The second kappa shape index (κ2) is 5.56. The van der Waals surface area contributed by atoms with Gasteiger partial charge in [0.2, 0.25) is 0 Å². The molecule has 5 nitrogen and oxygen atoms in total. The molecule has 0 fully saturated rings. The predicted octanol–water partition coefficient (Wildman–Crippen LogP) is 3.71. The normalized spacial score (nSPS) is 10.0. The number of aromatic nitrogens is 2. The number of anilines is 2. The molecule has 0 aliphatic carbocycles. The lowest BCUT2D eigenvalue weighted by Gasteiger charge is -2.05. The fraction of sp³-hybridized carbons (Fsp3) is 0. The van der Waals surface area contributed by atoms with Crippen LogP contribution in [0.1, 0.15) is 0 Å². The third-order valence-electron chi connectivity index (χ3n) is 1.78. The summed E-state index contributed by atoms with van der Waals surface area (Å²) in [6.45, 7) is 0. The molecule has 2 amide bonds. The van der Waals surface area contributed by atoms with E-state index in [1.165, 1.54) is 0 Å². The first-order chi connectivity index (χ1) is 8.15. The van der Waals surface area contributed by atoms with Crippen molar-refractivity contribution in [3.05, 3.63) is 33.3 Å². The van der Waals surface area contributed by atoms with Crippen molar-refractivity contribution in [1.82, 2.24) is 9.59 Å². The molecular weight excluding hydrogens is 372 g/mol. The molecule has 2 rings (SSSR count). The maximum atomic E-state index is 11.6. The highest BCUT2D eigenvalue weighted by Crippen LogP contribution is 2.23. The molecule has 1 heterocycles. The summed E-state index contributed by atoms with van der Waals surface area (Å²) < 4.78 is 5.17. The van der Waals surface area contributed by atoms with Crippen LogP contribution in [-0.4, -0.2) is 15.6 Å². The predicted molar refractivity (Wildman–Crippen MR) is 74.4 cm³/mol. The monoisotopic (exact) mass is 376 g/mol. The Morgan fingerprint density at radius 3 is 2.47 bits per heavy atom. The molecule has 2 N–H and O–H groups in total. The highest BCUT2D eigenvalue weighted by atomic mass is 79.9. The van der Waals surface area contributed by atoms with E-state index in [-0.39, 0.29) is 6.03 Å². The lowest BCUT2D eigenvalue weighted by Crippen LogP contribution is -2.18. The zero-order chi connectivity index (χ0) is 12.3. The summed E-state index contributed by atoms with van der Waals surface area (Å²) in [5, 5.41) is 9.63. The Balaban J connectivity index is 1.98. The number of rotatable bonds is 2. The van der Waals surface area contributed by atoms with Gasteiger partial charge in [0.05, 0.1) is 0 Å². The van der Waals surface area contributed by atoms with Crippen molar-refractivity contribution in [1.29, 1.82) is 0 Å². The Bertz CT molecular complexity index is 528. The summed E-state index contributed by atoms with van der Waals surface area (Å²) in [6, 6.07) is 6.95. The Labute approximate surface area is 118 Å². The second-order valence-electron chi connectivity index (χ2n) is 2.98. The van der Waals surface area contributed by atoms with E-state index in [1.54, 1.807) is 12.1 Å². The van der Waals surface area contributed by atoms with E-state index in [0.717, 1.165) is 16.0 Å². The first kappa shape index (κ1) is 12.5. The molecule has 0 saturated carbocycles. The minimum Gasteiger partial charge on any atom is -0.308 e. The maximum Gasteiger partial charge on any atom is 0.324 e. The van der Waals surface area contributed by atoms with Crippen LogP contribution < -0.4 is 10.6 Å². The van der Waals surface area contributed by atoms with E-state index >= 15 is 0 Å². The van der Waals surface area contributed by atoms with Gasteiger partial charge in [-0.3, -0.25) is 5.32 Å². The van der Waals surface area contributed by atoms with Gasteiger partial charge >= 0.3 is 6.03 Å². The van der Waals surface area contributed by atoms with Crippen molar-refractivity contribution in [2.75, 3.05) is 10.6 Å². The molecule has 1 aromatic heterocycles. The van der Waals surface area contributed by atoms with E-state index in [9.17, 15) is 4.79 Å². The third kappa shape index (κ3) is 3.48. The highest BCUT2D eigenvalue weighted by Gasteiger charge is 2.08. The summed E-state index contributed by atoms with van der Waals surface area (Å²) in [5.74, 6) is 0. The summed E-state index contributed by atoms with van der Waals surface area (Å²) in [6.07, 6.45) is 0. The number of hydrogen-bond acceptors (Lipinski definition) is 4. The largest absolute Gasteiger partial charge is 0.324 e. The van der Waals surface area contributed by atoms with Crippen LogP contribution in [0.4, 0.5) is 15.5 Å². The van der Waals surface area contributed by atoms with E-state index in [0.29, 0.717) is 15.3 Å². The fourth-order valence-corrected chi connectivity index (χ4v) is 2.28. The van der Waals surface area contributed by atoms with Gasteiger partial charge < -0.3 is 5.32 Å². The molecule has 0 atom stereocenters. The van der Waals surface area contributed by atoms with Crippen LogP contribution >= 0.6 is 43.4 Å². The smallest absolute Gasteiger partial charge is 0.308 e. The van der Waals surface area contributed by atoms with Crippen LogP contribution in [0.15, 0.2) is 33.3 Å². The molecule has 17 heavy (non-hydrogen) atoms. The molecule has 0 bridgehead atoms. The Hall–Kier alpha value is -0.990. The average Bonchev–Trinajstić information content (AvgIpc) is 2.68. The summed E-state index contributed by atoms with van der Waals surface area (Å²) >= 11 is 7.60. The van der Waals surface area contributed by atoms with E-state index < -0.39 is 0 Å². The number of carbonyl (C=O) groups excluding carboxylic acids is 1. The fourth-order valence-electron chi connectivity index (χ4n) is 1.05. The number of halogens is 2. The molecule has 8 heteroatoms. The summed E-state index contributed by atoms with van der Waals surface area (Å²) in [4.78, 5) is 11.6. The number of nitrogens with one attached hydrogen (secondary N) is 2. The van der Waals surface area contributed by atoms with Crippen molar-refractivity contribution in [3.63, 3.8) is 0 Å². The van der Waals surface area contributed by atoms with Crippen molar-refractivity contribution in [2.24, 2.45) is 0 Å². The van der Waals surface area contributed by atoms with Gasteiger partial charge in [0.25, 0.3) is 0 Å². The number of nitrogens with zero attached hydrogens (tertiary/aromatic N) is 2. The molecule has 0 unspecified atom stereocenters. The van der Waals surface area contributed by atoms with Crippen LogP contribution in [0, 0.1) is 0 Å². The average molecular weight is 378 g/mol. The van der Waals surface area contributed by atoms with Gasteiger partial charge in [0, 0.05) is 21.7 Å². The first-order valence-electron chi connectivity index (χ1n) is 4.46. The van der Waals surface area contributed by atoms with Gasteiger partial charge in [0.1, 0.15) is 0 Å². The molecule has 88 valence electrons. The van der Waals surface area contributed by atoms with Crippen LogP contribution in [-0.2, 0) is 0 Å². The van der Waals surface area contributed by atoms with E-state index in [1.807, 2.05) is 12.1 Å². The van der Waals surface area contributed by atoms with Gasteiger partial charge in [-0.15, -0.1) is 5.10 Å². The van der Waals surface area contributed by atoms with Gasteiger partial charge in [-0.05, 0) is 40.2 Å². The molecule has 0 aliphatic heterocycles. The molecule has 0 saturated heterocycles. The van der Waals surface area contributed by atoms with Gasteiger partial charge in [-0.2, -0.15) is 0 Å². The summed E-state index contributed by atoms with van der Waals surface area (Å²) in [5.41, 5.74) is 0.708. The molecule has 0 spiro atoms. The number of amides is 2. The maximum absolute atomic E-state index is 11.6. The van der Waals surface area contributed by atoms with Crippen molar-refractivity contribution in [3.8, 4) is 0 Å². The SMILES string of the molecule is O=C(Nc1ccc(Br)cc1)Nc1snnc1Br. The van der Waals surface area contributed by atoms with Crippen LogP contribution in [0.3, 0.4) is 0 Å². The zero-order valence-corrected chi connectivity index (χ0v) is 12.3. The minimum absolute atomic E-state index is 0.334. The molecule has 0 radical (unpaired) electrons. The van der Waals surface area contributed by atoms with Crippen molar-refractivity contribution < 1.29 is 4.79 Å². The van der Waals surface area contributed by atoms with Gasteiger partial charge in [-0.1, -0.05) is 20.4 Å².